The van der Waals surface area contributed by atoms with Crippen LogP contribution in [-0.4, -0.2) is 25.2 Å². The Hall–Kier alpha value is -0.450. The number of hydrogen-bond donors (Lipinski definition) is 1. The summed E-state index contributed by atoms with van der Waals surface area (Å²) in [5, 5.41) is 4.85. The largest absolute Gasteiger partial charge is 0.382 e. The van der Waals surface area contributed by atoms with E-state index in [1.165, 1.54) is 22.7 Å². The minimum Gasteiger partial charge on any atom is -0.382 e. The molecule has 1 aromatic heterocycles. The lowest BCUT2D eigenvalue weighted by molar-refractivity contribution is 0.0937. The molecule has 1 saturated carbocycles. The zero-order valence-electron chi connectivity index (χ0n) is 11.2. The first-order valence-electron chi connectivity index (χ1n) is 6.32. The molecule has 4 heteroatoms. The van der Waals surface area contributed by atoms with Crippen molar-refractivity contribution in [1.82, 2.24) is 10.3 Å². The number of thiazole rings is 1. The molecule has 1 unspecified atom stereocenters. The molecule has 1 atom stereocenters. The van der Waals surface area contributed by atoms with Gasteiger partial charge in [0.25, 0.3) is 0 Å². The molecule has 1 N–H and O–H groups in total. The van der Waals surface area contributed by atoms with Crippen LogP contribution in [0.4, 0.5) is 0 Å². The maximum atomic E-state index is 5.47. The summed E-state index contributed by atoms with van der Waals surface area (Å²) in [5.41, 5.74) is 1.11. The third kappa shape index (κ3) is 2.39. The molecule has 1 fully saturated rings. The maximum absolute atomic E-state index is 5.47. The van der Waals surface area contributed by atoms with Gasteiger partial charge < -0.3 is 10.1 Å². The van der Waals surface area contributed by atoms with Crippen LogP contribution in [0, 0.1) is 19.8 Å². The second kappa shape index (κ2) is 5.04. The van der Waals surface area contributed by atoms with Crippen molar-refractivity contribution in [2.45, 2.75) is 39.2 Å². The number of methoxy groups -OCH3 is 1. The fourth-order valence-electron chi connectivity index (χ4n) is 2.41. The Balaban J connectivity index is 2.36. The van der Waals surface area contributed by atoms with Crippen LogP contribution in [0.15, 0.2) is 0 Å². The summed E-state index contributed by atoms with van der Waals surface area (Å²) in [6, 6.07) is 0. The molecule has 0 aromatic carbocycles. The van der Waals surface area contributed by atoms with E-state index in [9.17, 15) is 0 Å². The fourth-order valence-corrected chi connectivity index (χ4v) is 3.55. The van der Waals surface area contributed by atoms with Crippen molar-refractivity contribution in [1.29, 1.82) is 0 Å². The lowest BCUT2D eigenvalue weighted by Crippen LogP contribution is -2.48. The number of aromatic nitrogens is 1. The van der Waals surface area contributed by atoms with Crippen LogP contribution in [0.1, 0.15) is 35.3 Å². The molecule has 1 aromatic rings. The topological polar surface area (TPSA) is 34.1 Å². The van der Waals surface area contributed by atoms with Gasteiger partial charge in [-0.1, -0.05) is 6.92 Å². The van der Waals surface area contributed by atoms with Crippen molar-refractivity contribution in [2.24, 2.45) is 5.92 Å². The van der Waals surface area contributed by atoms with Gasteiger partial charge in [0, 0.05) is 12.0 Å². The number of nitrogens with zero attached hydrogens (tertiary/aromatic N) is 1. The molecular formula is C13H22N2OS. The standard InChI is InChI=1S/C13H22N2OS/c1-5-14-13(8-16-4,11-6-7-11)12-15-9(2)10(3)17-12/h11,14H,5-8H2,1-4H3. The molecule has 0 bridgehead atoms. The average molecular weight is 254 g/mol. The van der Waals surface area contributed by atoms with Crippen LogP contribution in [-0.2, 0) is 10.3 Å². The number of nitrogens with one attached hydrogen (secondary N) is 1. The molecule has 1 aliphatic rings. The summed E-state index contributed by atoms with van der Waals surface area (Å²) < 4.78 is 5.47. The molecule has 0 aliphatic heterocycles. The van der Waals surface area contributed by atoms with Gasteiger partial charge >= 0.3 is 0 Å². The van der Waals surface area contributed by atoms with E-state index < -0.39 is 0 Å². The maximum Gasteiger partial charge on any atom is 0.116 e. The summed E-state index contributed by atoms with van der Waals surface area (Å²) in [6.07, 6.45) is 2.57. The van der Waals surface area contributed by atoms with Crippen LogP contribution in [0.5, 0.6) is 0 Å². The van der Waals surface area contributed by atoms with Gasteiger partial charge in [-0.25, -0.2) is 4.98 Å². The first kappa shape index (κ1) is 13.0. The Labute approximate surface area is 108 Å². The van der Waals surface area contributed by atoms with Gasteiger partial charge in [-0.05, 0) is 39.2 Å². The minimum atomic E-state index is -0.0484. The highest BCUT2D eigenvalue weighted by molar-refractivity contribution is 7.11. The second-order valence-corrected chi connectivity index (χ2v) is 6.07. The quantitative estimate of drug-likeness (QED) is 0.847. The van der Waals surface area contributed by atoms with Crippen molar-refractivity contribution in [2.75, 3.05) is 20.3 Å². The van der Waals surface area contributed by atoms with Gasteiger partial charge in [-0.15, -0.1) is 11.3 Å². The Kier molecular flexibility index (Phi) is 3.85. The van der Waals surface area contributed by atoms with Crippen LogP contribution in [0.25, 0.3) is 0 Å². The minimum absolute atomic E-state index is 0.0484. The number of likely N-dealkylation sites (N-methyl/N-ethyl adjacent to an activating group) is 1. The summed E-state index contributed by atoms with van der Waals surface area (Å²) in [6.45, 7) is 8.06. The SMILES string of the molecule is CCNC(COC)(c1nc(C)c(C)s1)C1CC1. The fraction of sp³-hybridized carbons (Fsp3) is 0.769. The lowest BCUT2D eigenvalue weighted by Gasteiger charge is -2.32. The Morgan fingerprint density at radius 1 is 1.47 bits per heavy atom. The summed E-state index contributed by atoms with van der Waals surface area (Å²) in [7, 11) is 1.78. The highest BCUT2D eigenvalue weighted by Crippen LogP contribution is 2.47. The van der Waals surface area contributed by atoms with Crippen molar-refractivity contribution in [3.05, 3.63) is 15.6 Å². The van der Waals surface area contributed by atoms with Crippen LogP contribution in [0.2, 0.25) is 0 Å². The molecule has 0 spiro atoms. The van der Waals surface area contributed by atoms with Gasteiger partial charge in [0.2, 0.25) is 0 Å². The van der Waals surface area contributed by atoms with Crippen molar-refractivity contribution >= 4 is 11.3 Å². The van der Waals surface area contributed by atoms with E-state index in [-0.39, 0.29) is 5.54 Å². The van der Waals surface area contributed by atoms with Gasteiger partial charge in [0.15, 0.2) is 0 Å². The summed E-state index contributed by atoms with van der Waals surface area (Å²) in [4.78, 5) is 6.08. The normalized spacial score (nSPS) is 19.3. The van der Waals surface area contributed by atoms with E-state index >= 15 is 0 Å². The van der Waals surface area contributed by atoms with E-state index in [0.717, 1.165) is 18.8 Å². The molecular weight excluding hydrogens is 232 g/mol. The van der Waals surface area contributed by atoms with Gasteiger partial charge in [-0.3, -0.25) is 0 Å². The van der Waals surface area contributed by atoms with Crippen molar-refractivity contribution < 1.29 is 4.74 Å². The third-order valence-electron chi connectivity index (χ3n) is 3.55. The summed E-state index contributed by atoms with van der Waals surface area (Å²) >= 11 is 1.82. The van der Waals surface area contributed by atoms with Gasteiger partial charge in [0.05, 0.1) is 17.8 Å². The van der Waals surface area contributed by atoms with E-state index in [1.807, 2.05) is 11.3 Å². The van der Waals surface area contributed by atoms with E-state index in [1.54, 1.807) is 7.11 Å². The van der Waals surface area contributed by atoms with Gasteiger partial charge in [0.1, 0.15) is 5.01 Å². The molecule has 1 heterocycles. The van der Waals surface area contributed by atoms with Crippen LogP contribution >= 0.6 is 11.3 Å². The Morgan fingerprint density at radius 2 is 2.18 bits per heavy atom. The van der Waals surface area contributed by atoms with E-state index in [0.29, 0.717) is 5.92 Å². The summed E-state index contributed by atoms with van der Waals surface area (Å²) in [5.74, 6) is 0.687. The van der Waals surface area contributed by atoms with Gasteiger partial charge in [-0.2, -0.15) is 0 Å². The van der Waals surface area contributed by atoms with Crippen molar-refractivity contribution in [3.63, 3.8) is 0 Å². The number of rotatable bonds is 6. The number of aryl methyl sites for hydroxylation is 2. The first-order valence-corrected chi connectivity index (χ1v) is 7.14. The molecule has 0 amide bonds. The molecule has 3 nitrogen and oxygen atoms in total. The molecule has 1 aliphatic carbocycles. The second-order valence-electron chi connectivity index (χ2n) is 4.87. The van der Waals surface area contributed by atoms with Crippen molar-refractivity contribution in [3.8, 4) is 0 Å². The zero-order valence-corrected chi connectivity index (χ0v) is 12.0. The molecule has 17 heavy (non-hydrogen) atoms. The Morgan fingerprint density at radius 3 is 2.59 bits per heavy atom. The monoisotopic (exact) mass is 254 g/mol. The predicted octanol–water partition coefficient (Wildman–Crippen LogP) is 2.62. The highest BCUT2D eigenvalue weighted by atomic mass is 32.1. The number of hydrogen-bond acceptors (Lipinski definition) is 4. The zero-order chi connectivity index (χ0) is 12.5. The smallest absolute Gasteiger partial charge is 0.116 e. The molecule has 0 radical (unpaired) electrons. The molecule has 2 rings (SSSR count). The predicted molar refractivity (Wildman–Crippen MR) is 71.5 cm³/mol. The Bertz CT molecular complexity index is 359. The number of ether oxygens (including phenoxy) is 1. The van der Waals surface area contributed by atoms with E-state index in [2.05, 4.69) is 26.1 Å². The third-order valence-corrected chi connectivity index (χ3v) is 4.80. The lowest BCUT2D eigenvalue weighted by atomic mass is 9.94. The van der Waals surface area contributed by atoms with Crippen LogP contribution in [0.3, 0.4) is 0 Å². The highest BCUT2D eigenvalue weighted by Gasteiger charge is 2.48. The first-order chi connectivity index (χ1) is 8.14. The molecule has 96 valence electrons. The molecule has 0 saturated heterocycles. The average Bonchev–Trinajstić information content (AvgIpc) is 3.07. The van der Waals surface area contributed by atoms with E-state index in [4.69, 9.17) is 9.72 Å². The van der Waals surface area contributed by atoms with Crippen LogP contribution < -0.4 is 5.32 Å².